The van der Waals surface area contributed by atoms with E-state index in [9.17, 15) is 14.4 Å². The molecule has 1 aromatic rings. The normalized spacial score (nSPS) is 16.0. The van der Waals surface area contributed by atoms with Crippen molar-refractivity contribution in [3.63, 3.8) is 0 Å². The van der Waals surface area contributed by atoms with Gasteiger partial charge in [-0.1, -0.05) is 0 Å². The van der Waals surface area contributed by atoms with Crippen LogP contribution in [0.25, 0.3) is 0 Å². The molecule has 0 atom stereocenters. The number of hydrogen-bond acceptors (Lipinski definition) is 7. The number of benzene rings is 1. The molecule has 25 heavy (non-hydrogen) atoms. The lowest BCUT2D eigenvalue weighted by atomic mass is 9.79. The van der Waals surface area contributed by atoms with E-state index in [-0.39, 0.29) is 23.6 Å². The Morgan fingerprint density at radius 3 is 2.04 bits per heavy atom. The predicted molar refractivity (Wildman–Crippen MR) is 89.3 cm³/mol. The van der Waals surface area contributed by atoms with Crippen LogP contribution in [0, 0.1) is 5.41 Å². The van der Waals surface area contributed by atoms with Gasteiger partial charge in [-0.3, -0.25) is 4.79 Å². The summed E-state index contributed by atoms with van der Waals surface area (Å²) in [5, 5.41) is 2.75. The van der Waals surface area contributed by atoms with Crippen molar-refractivity contribution < 1.29 is 28.6 Å². The molecular weight excluding hydrogens is 328 g/mol. The minimum absolute atomic E-state index is 0.134. The fourth-order valence-electron chi connectivity index (χ4n) is 2.72. The van der Waals surface area contributed by atoms with E-state index in [1.165, 1.54) is 32.4 Å². The number of ether oxygens (including phenoxy) is 3. The van der Waals surface area contributed by atoms with Gasteiger partial charge in [0.2, 0.25) is 5.91 Å². The molecule has 1 heterocycles. The van der Waals surface area contributed by atoms with Crippen LogP contribution in [0.15, 0.2) is 18.2 Å². The second-order valence-corrected chi connectivity index (χ2v) is 5.83. The van der Waals surface area contributed by atoms with Gasteiger partial charge in [-0.25, -0.2) is 9.59 Å². The lowest BCUT2D eigenvalue weighted by Gasteiger charge is -2.34. The van der Waals surface area contributed by atoms with Gasteiger partial charge >= 0.3 is 11.9 Å². The number of esters is 2. The summed E-state index contributed by atoms with van der Waals surface area (Å²) in [6.07, 6.45) is 1.02. The van der Waals surface area contributed by atoms with Crippen molar-refractivity contribution in [1.29, 1.82) is 0 Å². The first-order valence-corrected chi connectivity index (χ1v) is 7.87. The van der Waals surface area contributed by atoms with E-state index < -0.39 is 17.4 Å². The summed E-state index contributed by atoms with van der Waals surface area (Å²) in [4.78, 5) is 36.4. The zero-order valence-corrected chi connectivity index (χ0v) is 14.3. The number of anilines is 1. The van der Waals surface area contributed by atoms with Crippen molar-refractivity contribution in [3.8, 4) is 0 Å². The molecule has 1 aliphatic heterocycles. The zero-order chi connectivity index (χ0) is 18.4. The Hall–Kier alpha value is -2.45. The number of nitrogens with two attached hydrogens (primary N) is 1. The third-order valence-corrected chi connectivity index (χ3v) is 4.36. The van der Waals surface area contributed by atoms with Crippen molar-refractivity contribution in [2.75, 3.05) is 39.3 Å². The molecule has 2 rings (SSSR count). The number of hydrogen-bond donors (Lipinski definition) is 2. The highest BCUT2D eigenvalue weighted by Crippen LogP contribution is 2.31. The van der Waals surface area contributed by atoms with Crippen LogP contribution in [0.5, 0.6) is 0 Å². The molecule has 3 N–H and O–H groups in total. The van der Waals surface area contributed by atoms with Gasteiger partial charge in [0, 0.05) is 25.4 Å². The Morgan fingerprint density at radius 2 is 1.60 bits per heavy atom. The number of carbonyl (C=O) groups excluding carboxylic acids is 3. The molecule has 8 heteroatoms. The van der Waals surface area contributed by atoms with Crippen LogP contribution in [0.1, 0.15) is 33.6 Å². The first-order chi connectivity index (χ1) is 12.0. The minimum atomic E-state index is -0.731. The van der Waals surface area contributed by atoms with E-state index in [2.05, 4.69) is 14.8 Å². The lowest BCUT2D eigenvalue weighted by molar-refractivity contribution is -0.130. The third kappa shape index (κ3) is 4.15. The Bertz CT molecular complexity index is 633. The van der Waals surface area contributed by atoms with E-state index in [4.69, 9.17) is 10.5 Å². The van der Waals surface area contributed by atoms with E-state index in [1.807, 2.05) is 0 Å². The quantitative estimate of drug-likeness (QED) is 0.759. The van der Waals surface area contributed by atoms with Gasteiger partial charge in [-0.05, 0) is 31.0 Å². The summed E-state index contributed by atoms with van der Waals surface area (Å²) in [5.74, 6) is -1.52. The Kier molecular flexibility index (Phi) is 6.11. The second-order valence-electron chi connectivity index (χ2n) is 5.83. The Labute approximate surface area is 145 Å². The number of methoxy groups -OCH3 is 2. The summed E-state index contributed by atoms with van der Waals surface area (Å²) < 4.78 is 14.7. The van der Waals surface area contributed by atoms with Crippen molar-refractivity contribution in [2.24, 2.45) is 11.1 Å². The smallest absolute Gasteiger partial charge is 0.337 e. The molecule has 136 valence electrons. The standard InChI is InChI=1S/C17H22N2O6/c1-23-14(20)11-7-12(15(21)24-2)9-13(8-11)19-16(22)17(10-18)3-5-25-6-4-17/h7-9H,3-6,10,18H2,1-2H3,(H,19,22). The summed E-state index contributed by atoms with van der Waals surface area (Å²) >= 11 is 0. The zero-order valence-electron chi connectivity index (χ0n) is 14.3. The van der Waals surface area contributed by atoms with Crippen LogP contribution in [0.4, 0.5) is 5.69 Å². The maximum Gasteiger partial charge on any atom is 0.337 e. The maximum absolute atomic E-state index is 12.7. The van der Waals surface area contributed by atoms with Gasteiger partial charge in [0.25, 0.3) is 0 Å². The fraction of sp³-hybridized carbons (Fsp3) is 0.471. The van der Waals surface area contributed by atoms with Crippen LogP contribution >= 0.6 is 0 Å². The van der Waals surface area contributed by atoms with Gasteiger partial charge in [0.05, 0.1) is 30.8 Å². The van der Waals surface area contributed by atoms with E-state index >= 15 is 0 Å². The van der Waals surface area contributed by atoms with Crippen molar-refractivity contribution in [3.05, 3.63) is 29.3 Å². The van der Waals surface area contributed by atoms with Gasteiger partial charge in [-0.2, -0.15) is 0 Å². The van der Waals surface area contributed by atoms with Gasteiger partial charge in [-0.15, -0.1) is 0 Å². The number of amides is 1. The van der Waals surface area contributed by atoms with E-state index in [0.29, 0.717) is 31.7 Å². The highest BCUT2D eigenvalue weighted by molar-refractivity contribution is 6.00. The highest BCUT2D eigenvalue weighted by Gasteiger charge is 2.38. The van der Waals surface area contributed by atoms with Crippen molar-refractivity contribution >= 4 is 23.5 Å². The monoisotopic (exact) mass is 350 g/mol. The molecule has 1 aromatic carbocycles. The molecule has 0 aliphatic carbocycles. The molecular formula is C17H22N2O6. The molecule has 8 nitrogen and oxygen atoms in total. The molecule has 1 aliphatic rings. The first kappa shape index (κ1) is 18.9. The van der Waals surface area contributed by atoms with Crippen LogP contribution in [-0.4, -0.2) is 51.8 Å². The first-order valence-electron chi connectivity index (χ1n) is 7.87. The highest BCUT2D eigenvalue weighted by atomic mass is 16.5. The minimum Gasteiger partial charge on any atom is -0.465 e. The second kappa shape index (κ2) is 8.09. The van der Waals surface area contributed by atoms with E-state index in [0.717, 1.165) is 0 Å². The van der Waals surface area contributed by atoms with Crippen LogP contribution in [-0.2, 0) is 19.0 Å². The molecule has 0 aromatic heterocycles. The van der Waals surface area contributed by atoms with E-state index in [1.54, 1.807) is 0 Å². The summed E-state index contributed by atoms with van der Waals surface area (Å²) in [7, 11) is 2.47. The summed E-state index contributed by atoms with van der Waals surface area (Å²) in [5.41, 5.74) is 5.66. The Morgan fingerprint density at radius 1 is 1.08 bits per heavy atom. The maximum atomic E-state index is 12.7. The molecule has 0 spiro atoms. The lowest BCUT2D eigenvalue weighted by Crippen LogP contribution is -2.46. The Balaban J connectivity index is 2.32. The average Bonchev–Trinajstić information content (AvgIpc) is 2.66. The fourth-order valence-corrected chi connectivity index (χ4v) is 2.72. The predicted octanol–water partition coefficient (Wildman–Crippen LogP) is 0.954. The molecule has 0 saturated carbocycles. The van der Waals surface area contributed by atoms with Crippen LogP contribution in [0.2, 0.25) is 0 Å². The molecule has 0 unspecified atom stereocenters. The molecule has 0 bridgehead atoms. The van der Waals surface area contributed by atoms with Crippen molar-refractivity contribution in [2.45, 2.75) is 12.8 Å². The average molecular weight is 350 g/mol. The number of rotatable bonds is 5. The van der Waals surface area contributed by atoms with Crippen molar-refractivity contribution in [1.82, 2.24) is 0 Å². The number of carbonyl (C=O) groups is 3. The topological polar surface area (TPSA) is 117 Å². The third-order valence-electron chi connectivity index (χ3n) is 4.36. The van der Waals surface area contributed by atoms with Gasteiger partial charge in [0.15, 0.2) is 0 Å². The molecule has 1 saturated heterocycles. The molecule has 1 fully saturated rings. The largest absolute Gasteiger partial charge is 0.465 e. The SMILES string of the molecule is COC(=O)c1cc(NC(=O)C2(CN)CCOCC2)cc(C(=O)OC)c1. The van der Waals surface area contributed by atoms with Crippen LogP contribution in [0.3, 0.4) is 0 Å². The molecule has 0 radical (unpaired) electrons. The molecule has 1 amide bonds. The summed E-state index contributed by atoms with van der Waals surface area (Å²) in [6.45, 7) is 1.10. The van der Waals surface area contributed by atoms with Crippen LogP contribution < -0.4 is 11.1 Å². The van der Waals surface area contributed by atoms with Gasteiger partial charge < -0.3 is 25.3 Å². The summed E-state index contributed by atoms with van der Waals surface area (Å²) in [6, 6.07) is 4.24. The number of nitrogens with one attached hydrogen (secondary N) is 1. The van der Waals surface area contributed by atoms with Gasteiger partial charge in [0.1, 0.15) is 0 Å².